The third-order valence-corrected chi connectivity index (χ3v) is 6.49. The van der Waals surface area contributed by atoms with Crippen molar-refractivity contribution in [3.8, 4) is 17.0 Å². The Bertz CT molecular complexity index is 1330. The molecule has 5 rings (SSSR count). The monoisotopic (exact) mass is 464 g/mol. The molecule has 0 radical (unpaired) electrons. The molecule has 0 atom stereocenters. The van der Waals surface area contributed by atoms with Crippen LogP contribution in [0, 0.1) is 5.82 Å². The van der Waals surface area contributed by atoms with Crippen molar-refractivity contribution in [3.63, 3.8) is 0 Å². The Morgan fingerprint density at radius 1 is 1.15 bits per heavy atom. The second-order valence-electron chi connectivity index (χ2n) is 8.97. The second-order valence-corrected chi connectivity index (χ2v) is 8.97. The molecule has 0 aliphatic carbocycles. The fourth-order valence-corrected chi connectivity index (χ4v) is 4.65. The van der Waals surface area contributed by atoms with Gasteiger partial charge in [0.2, 0.25) is 0 Å². The van der Waals surface area contributed by atoms with Crippen LogP contribution in [0.3, 0.4) is 0 Å². The molecule has 2 aromatic heterocycles. The number of nitrogens with zero attached hydrogens (tertiary/aromatic N) is 6. The first-order valence-corrected chi connectivity index (χ1v) is 11.4. The van der Waals surface area contributed by atoms with Crippen LogP contribution in [-0.2, 0) is 11.8 Å². The Morgan fingerprint density at radius 2 is 1.94 bits per heavy atom. The number of hydrogen-bond donors (Lipinski definition) is 0. The van der Waals surface area contributed by atoms with Gasteiger partial charge in [0.05, 0.1) is 22.9 Å². The number of fused-ring (bicyclic) bond motifs is 2. The highest BCUT2D eigenvalue weighted by Crippen LogP contribution is 2.37. The molecule has 34 heavy (non-hydrogen) atoms. The molecule has 2 aromatic carbocycles. The largest absolute Gasteiger partial charge is 0.464 e. The lowest BCUT2D eigenvalue weighted by atomic mass is 10.0. The van der Waals surface area contributed by atoms with E-state index in [1.807, 2.05) is 12.1 Å². The zero-order chi connectivity index (χ0) is 23.8. The van der Waals surface area contributed by atoms with Crippen molar-refractivity contribution in [2.24, 2.45) is 7.05 Å². The predicted octanol–water partition coefficient (Wildman–Crippen LogP) is 3.84. The van der Waals surface area contributed by atoms with Gasteiger partial charge in [0.25, 0.3) is 0 Å². The Labute approximate surface area is 197 Å². The first kappa shape index (κ1) is 22.5. The zero-order valence-corrected chi connectivity index (χ0v) is 20.0. The number of ether oxygens (including phenoxy) is 2. The van der Waals surface area contributed by atoms with E-state index >= 15 is 4.39 Å². The molecule has 1 fully saturated rings. The molecular formula is C25H29FN6O2. The van der Waals surface area contributed by atoms with E-state index in [1.54, 1.807) is 24.1 Å². The van der Waals surface area contributed by atoms with Crippen LogP contribution in [0.4, 0.5) is 10.1 Å². The molecular weight excluding hydrogens is 435 g/mol. The van der Waals surface area contributed by atoms with E-state index in [0.29, 0.717) is 22.7 Å². The lowest BCUT2D eigenvalue weighted by Gasteiger charge is -2.36. The maximum Gasteiger partial charge on any atom is 0.193 e. The Kier molecular flexibility index (Phi) is 6.05. The van der Waals surface area contributed by atoms with Gasteiger partial charge in [0.1, 0.15) is 5.52 Å². The maximum absolute atomic E-state index is 15.3. The summed E-state index contributed by atoms with van der Waals surface area (Å²) in [6, 6.07) is 8.61. The van der Waals surface area contributed by atoms with E-state index in [4.69, 9.17) is 14.5 Å². The molecule has 3 heterocycles. The van der Waals surface area contributed by atoms with E-state index in [-0.39, 0.29) is 18.1 Å². The quantitative estimate of drug-likeness (QED) is 0.402. The molecule has 8 nitrogen and oxygen atoms in total. The Morgan fingerprint density at radius 3 is 2.68 bits per heavy atom. The number of halogens is 1. The molecule has 178 valence electrons. The van der Waals surface area contributed by atoms with Crippen LogP contribution in [0.5, 0.6) is 5.75 Å². The molecule has 0 unspecified atom stereocenters. The number of anilines is 1. The Balaban J connectivity index is 1.49. The normalized spacial score (nSPS) is 15.1. The Hall–Kier alpha value is -3.30. The highest BCUT2D eigenvalue weighted by atomic mass is 19.1. The number of hydrogen-bond acceptors (Lipinski definition) is 7. The van der Waals surface area contributed by atoms with E-state index in [0.717, 1.165) is 42.7 Å². The maximum atomic E-state index is 15.3. The molecule has 0 saturated carbocycles. The van der Waals surface area contributed by atoms with Crippen LogP contribution >= 0.6 is 0 Å². The molecule has 9 heteroatoms. The van der Waals surface area contributed by atoms with Gasteiger partial charge in [-0.15, -0.1) is 0 Å². The third-order valence-electron chi connectivity index (χ3n) is 6.49. The highest BCUT2D eigenvalue weighted by molar-refractivity contribution is 5.89. The molecule has 0 bridgehead atoms. The van der Waals surface area contributed by atoms with E-state index in [9.17, 15) is 0 Å². The molecule has 1 aliphatic rings. The van der Waals surface area contributed by atoms with Gasteiger partial charge in [-0.2, -0.15) is 5.10 Å². The van der Waals surface area contributed by atoms with Crippen LogP contribution in [-0.4, -0.2) is 71.8 Å². The van der Waals surface area contributed by atoms with Gasteiger partial charge < -0.3 is 19.3 Å². The van der Waals surface area contributed by atoms with Crippen molar-refractivity contribution in [3.05, 3.63) is 42.5 Å². The van der Waals surface area contributed by atoms with Gasteiger partial charge in [-0.3, -0.25) is 9.67 Å². The summed E-state index contributed by atoms with van der Waals surface area (Å²) in [7, 11) is 7.54. The molecule has 1 aliphatic heterocycles. The van der Waals surface area contributed by atoms with E-state index < -0.39 is 5.82 Å². The summed E-state index contributed by atoms with van der Waals surface area (Å²) in [4.78, 5) is 14.2. The molecule has 0 spiro atoms. The zero-order valence-electron chi connectivity index (χ0n) is 20.0. The van der Waals surface area contributed by atoms with Gasteiger partial charge in [0, 0.05) is 56.1 Å². The number of piperidine rings is 1. The summed E-state index contributed by atoms with van der Waals surface area (Å²) in [5.74, 6) is -0.481. The summed E-state index contributed by atoms with van der Waals surface area (Å²) in [5.41, 5.74) is 3.99. The SMILES string of the molecule is COCOc1c(-c2cnc3cc(N4CCC(N(C)C)CC4)ccc3n2)cc2cn(C)nc2c1F. The number of aromatic nitrogens is 4. The molecule has 0 amide bonds. The van der Waals surface area contributed by atoms with E-state index in [1.165, 1.54) is 7.11 Å². The van der Waals surface area contributed by atoms with Gasteiger partial charge in [-0.05, 0) is 51.2 Å². The summed E-state index contributed by atoms with van der Waals surface area (Å²) < 4.78 is 27.5. The van der Waals surface area contributed by atoms with Crippen molar-refractivity contribution in [2.45, 2.75) is 18.9 Å². The summed E-state index contributed by atoms with van der Waals surface area (Å²) >= 11 is 0. The summed E-state index contributed by atoms with van der Waals surface area (Å²) in [5, 5.41) is 4.88. The first-order valence-electron chi connectivity index (χ1n) is 11.4. The average molecular weight is 465 g/mol. The first-order chi connectivity index (χ1) is 16.4. The van der Waals surface area contributed by atoms with Gasteiger partial charge in [-0.25, -0.2) is 9.37 Å². The lowest BCUT2D eigenvalue weighted by molar-refractivity contribution is 0.0489. The molecule has 0 N–H and O–H groups in total. The van der Waals surface area contributed by atoms with Gasteiger partial charge >= 0.3 is 0 Å². The van der Waals surface area contributed by atoms with Crippen molar-refractivity contribution >= 4 is 27.6 Å². The fourth-order valence-electron chi connectivity index (χ4n) is 4.65. The fraction of sp³-hybridized carbons (Fsp3) is 0.400. The van der Waals surface area contributed by atoms with Crippen molar-refractivity contribution < 1.29 is 13.9 Å². The number of rotatable bonds is 6. The average Bonchev–Trinajstić information content (AvgIpc) is 3.23. The van der Waals surface area contributed by atoms with Crippen LogP contribution in [0.2, 0.25) is 0 Å². The van der Waals surface area contributed by atoms with E-state index in [2.05, 4.69) is 46.1 Å². The minimum Gasteiger partial charge on any atom is -0.464 e. The third kappa shape index (κ3) is 4.17. The van der Waals surface area contributed by atoms with Gasteiger partial charge in [-0.1, -0.05) is 0 Å². The standard InChI is InChI=1S/C25H29FN6O2/c1-30(2)17-7-9-32(10-8-17)18-5-6-20-21(12-18)27-13-22(28-20)19-11-16-14-31(3)29-24(16)23(26)25(19)34-15-33-4/h5-6,11-14,17H,7-10,15H2,1-4H3. The number of benzene rings is 2. The van der Waals surface area contributed by atoms with Crippen LogP contribution in [0.15, 0.2) is 36.7 Å². The lowest BCUT2D eigenvalue weighted by Crippen LogP contribution is -2.41. The number of aryl methyl sites for hydroxylation is 1. The molecule has 1 saturated heterocycles. The second kappa shape index (κ2) is 9.15. The predicted molar refractivity (Wildman–Crippen MR) is 131 cm³/mol. The van der Waals surface area contributed by atoms with Gasteiger partial charge in [0.15, 0.2) is 18.4 Å². The number of methoxy groups -OCH3 is 1. The van der Waals surface area contributed by atoms with Crippen LogP contribution < -0.4 is 9.64 Å². The van der Waals surface area contributed by atoms with Crippen molar-refractivity contribution in [1.82, 2.24) is 24.6 Å². The summed E-state index contributed by atoms with van der Waals surface area (Å²) in [6.45, 7) is 1.95. The summed E-state index contributed by atoms with van der Waals surface area (Å²) in [6.07, 6.45) is 5.72. The van der Waals surface area contributed by atoms with Crippen LogP contribution in [0.1, 0.15) is 12.8 Å². The van der Waals surface area contributed by atoms with Crippen molar-refractivity contribution in [1.29, 1.82) is 0 Å². The van der Waals surface area contributed by atoms with Crippen LogP contribution in [0.25, 0.3) is 33.2 Å². The topological polar surface area (TPSA) is 68.5 Å². The smallest absolute Gasteiger partial charge is 0.193 e. The minimum atomic E-state index is -0.538. The molecule has 4 aromatic rings. The highest BCUT2D eigenvalue weighted by Gasteiger charge is 2.22. The van der Waals surface area contributed by atoms with Crippen molar-refractivity contribution in [2.75, 3.05) is 46.0 Å². The minimum absolute atomic E-state index is 0.0575.